The highest BCUT2D eigenvalue weighted by molar-refractivity contribution is 5.95. The summed E-state index contributed by atoms with van der Waals surface area (Å²) >= 11 is 0. The molecule has 1 N–H and O–H groups in total. The third-order valence-corrected chi connectivity index (χ3v) is 3.27. The first-order chi connectivity index (χ1) is 9.08. The van der Waals surface area contributed by atoms with Crippen LogP contribution in [0.25, 0.3) is 0 Å². The zero-order chi connectivity index (χ0) is 13.8. The van der Waals surface area contributed by atoms with Gasteiger partial charge in [0.1, 0.15) is 0 Å². The number of hydrogen-bond donors (Lipinski definition) is 1. The first-order valence-corrected chi connectivity index (χ1v) is 6.51. The van der Waals surface area contributed by atoms with Crippen LogP contribution in [0.2, 0.25) is 0 Å². The van der Waals surface area contributed by atoms with Gasteiger partial charge in [-0.15, -0.1) is 0 Å². The fourth-order valence-electron chi connectivity index (χ4n) is 2.17. The molecule has 1 amide bonds. The minimum absolute atomic E-state index is 0.00871. The van der Waals surface area contributed by atoms with Crippen LogP contribution < -0.4 is 5.32 Å². The first-order valence-electron chi connectivity index (χ1n) is 6.51. The molecule has 0 aliphatic carbocycles. The van der Waals surface area contributed by atoms with Crippen molar-refractivity contribution in [2.24, 2.45) is 0 Å². The molecule has 98 valence electrons. The first kappa shape index (κ1) is 13.3. The predicted molar refractivity (Wildman–Crippen MR) is 78.2 cm³/mol. The molecule has 2 rings (SSSR count). The second-order valence-electron chi connectivity index (χ2n) is 4.92. The Morgan fingerprint density at radius 2 is 1.74 bits per heavy atom. The minimum atomic E-state index is -0.0196. The van der Waals surface area contributed by atoms with Crippen LogP contribution in [-0.2, 0) is 0 Å². The highest BCUT2D eigenvalue weighted by atomic mass is 16.1. The molecule has 2 heteroatoms. The van der Waals surface area contributed by atoms with E-state index < -0.39 is 0 Å². The normalized spacial score (nSPS) is 11.9. The van der Waals surface area contributed by atoms with Gasteiger partial charge >= 0.3 is 0 Å². The molecule has 0 fully saturated rings. The van der Waals surface area contributed by atoms with E-state index in [0.29, 0.717) is 0 Å². The zero-order valence-electron chi connectivity index (χ0n) is 11.6. The molecule has 1 unspecified atom stereocenters. The zero-order valence-corrected chi connectivity index (χ0v) is 11.6. The lowest BCUT2D eigenvalue weighted by molar-refractivity contribution is 0.0939. The maximum Gasteiger partial charge on any atom is 0.252 e. The molecule has 19 heavy (non-hydrogen) atoms. The van der Waals surface area contributed by atoms with E-state index in [1.807, 2.05) is 69.3 Å². The number of benzene rings is 2. The van der Waals surface area contributed by atoms with Gasteiger partial charge in [0.15, 0.2) is 0 Å². The monoisotopic (exact) mass is 253 g/mol. The molecule has 0 heterocycles. The number of carbonyl (C=O) groups is 1. The summed E-state index contributed by atoms with van der Waals surface area (Å²) in [4.78, 5) is 12.2. The van der Waals surface area contributed by atoms with E-state index in [9.17, 15) is 4.79 Å². The van der Waals surface area contributed by atoms with Crippen molar-refractivity contribution in [1.82, 2.24) is 5.32 Å². The van der Waals surface area contributed by atoms with Crippen LogP contribution in [0, 0.1) is 13.8 Å². The van der Waals surface area contributed by atoms with Crippen molar-refractivity contribution in [2.45, 2.75) is 26.8 Å². The highest BCUT2D eigenvalue weighted by Gasteiger charge is 2.12. The van der Waals surface area contributed by atoms with Gasteiger partial charge in [-0.05, 0) is 38.0 Å². The van der Waals surface area contributed by atoms with E-state index in [1.165, 1.54) is 5.56 Å². The summed E-state index contributed by atoms with van der Waals surface area (Å²) in [6, 6.07) is 15.9. The van der Waals surface area contributed by atoms with Gasteiger partial charge in [0.05, 0.1) is 6.04 Å². The molecule has 0 bridgehead atoms. The summed E-state index contributed by atoms with van der Waals surface area (Å²) < 4.78 is 0. The van der Waals surface area contributed by atoms with Crippen LogP contribution in [0.15, 0.2) is 48.5 Å². The summed E-state index contributed by atoms with van der Waals surface area (Å²) in [6.07, 6.45) is 0. The molecule has 0 spiro atoms. The van der Waals surface area contributed by atoms with Gasteiger partial charge in [-0.1, -0.05) is 48.0 Å². The Balaban J connectivity index is 2.13. The number of hydrogen-bond acceptors (Lipinski definition) is 1. The molecule has 0 saturated carbocycles. The van der Waals surface area contributed by atoms with Crippen LogP contribution >= 0.6 is 0 Å². The van der Waals surface area contributed by atoms with Gasteiger partial charge in [-0.25, -0.2) is 0 Å². The fraction of sp³-hybridized carbons (Fsp3) is 0.235. The Morgan fingerprint density at radius 1 is 1.05 bits per heavy atom. The van der Waals surface area contributed by atoms with Gasteiger partial charge in [-0.2, -0.15) is 0 Å². The SMILES string of the molecule is Cc1ccc(C(=O)NC(C)c2ccccc2)c(C)c1. The molecule has 1 atom stereocenters. The Labute approximate surface area is 114 Å². The number of aryl methyl sites for hydroxylation is 2. The molecule has 0 aliphatic heterocycles. The Bertz CT molecular complexity index is 575. The van der Waals surface area contributed by atoms with Gasteiger partial charge < -0.3 is 5.32 Å². The predicted octanol–water partition coefficient (Wildman–Crippen LogP) is 3.79. The van der Waals surface area contributed by atoms with Crippen molar-refractivity contribution in [2.75, 3.05) is 0 Å². The summed E-state index contributed by atoms with van der Waals surface area (Å²) in [5, 5.41) is 3.03. The van der Waals surface area contributed by atoms with Crippen LogP contribution in [0.1, 0.15) is 40.0 Å². The molecule has 2 aromatic carbocycles. The lowest BCUT2D eigenvalue weighted by atomic mass is 10.0. The molecule has 0 radical (unpaired) electrons. The Kier molecular flexibility index (Phi) is 4.00. The molecular weight excluding hydrogens is 234 g/mol. The van der Waals surface area contributed by atoms with E-state index in [2.05, 4.69) is 5.32 Å². The molecule has 2 nitrogen and oxygen atoms in total. The van der Waals surface area contributed by atoms with Crippen molar-refractivity contribution < 1.29 is 4.79 Å². The van der Waals surface area contributed by atoms with Crippen molar-refractivity contribution >= 4 is 5.91 Å². The molecular formula is C17H19NO. The summed E-state index contributed by atoms with van der Waals surface area (Å²) in [5.41, 5.74) is 4.04. The van der Waals surface area contributed by atoms with Crippen LogP contribution in [-0.4, -0.2) is 5.91 Å². The van der Waals surface area contributed by atoms with Gasteiger partial charge in [-0.3, -0.25) is 4.79 Å². The van der Waals surface area contributed by atoms with E-state index in [-0.39, 0.29) is 11.9 Å². The summed E-state index contributed by atoms with van der Waals surface area (Å²) in [6.45, 7) is 5.99. The average molecular weight is 253 g/mol. The number of rotatable bonds is 3. The maximum atomic E-state index is 12.2. The second kappa shape index (κ2) is 5.70. The third-order valence-electron chi connectivity index (χ3n) is 3.27. The Hall–Kier alpha value is -2.09. The number of carbonyl (C=O) groups excluding carboxylic acids is 1. The standard InChI is InChI=1S/C17H19NO/c1-12-9-10-16(13(2)11-12)17(19)18-14(3)15-7-5-4-6-8-15/h4-11,14H,1-3H3,(H,18,19). The summed E-state index contributed by atoms with van der Waals surface area (Å²) in [7, 11) is 0. The molecule has 0 aliphatic rings. The topological polar surface area (TPSA) is 29.1 Å². The lowest BCUT2D eigenvalue weighted by Crippen LogP contribution is -2.27. The number of amides is 1. The summed E-state index contributed by atoms with van der Waals surface area (Å²) in [5.74, 6) is -0.0196. The fourth-order valence-corrected chi connectivity index (χ4v) is 2.17. The van der Waals surface area contributed by atoms with Crippen LogP contribution in [0.5, 0.6) is 0 Å². The van der Waals surface area contributed by atoms with E-state index in [4.69, 9.17) is 0 Å². The minimum Gasteiger partial charge on any atom is -0.346 e. The largest absolute Gasteiger partial charge is 0.346 e. The highest BCUT2D eigenvalue weighted by Crippen LogP contribution is 2.15. The van der Waals surface area contributed by atoms with E-state index >= 15 is 0 Å². The van der Waals surface area contributed by atoms with E-state index in [0.717, 1.165) is 16.7 Å². The van der Waals surface area contributed by atoms with Crippen LogP contribution in [0.3, 0.4) is 0 Å². The molecule has 2 aromatic rings. The van der Waals surface area contributed by atoms with Crippen molar-refractivity contribution in [3.63, 3.8) is 0 Å². The Morgan fingerprint density at radius 3 is 2.37 bits per heavy atom. The average Bonchev–Trinajstić information content (AvgIpc) is 2.39. The molecule has 0 saturated heterocycles. The maximum absolute atomic E-state index is 12.2. The smallest absolute Gasteiger partial charge is 0.252 e. The second-order valence-corrected chi connectivity index (χ2v) is 4.92. The van der Waals surface area contributed by atoms with Gasteiger partial charge in [0.2, 0.25) is 0 Å². The quantitative estimate of drug-likeness (QED) is 0.885. The van der Waals surface area contributed by atoms with Crippen molar-refractivity contribution in [3.8, 4) is 0 Å². The van der Waals surface area contributed by atoms with Crippen molar-refractivity contribution in [3.05, 3.63) is 70.8 Å². The van der Waals surface area contributed by atoms with E-state index in [1.54, 1.807) is 0 Å². The third kappa shape index (κ3) is 3.22. The van der Waals surface area contributed by atoms with Gasteiger partial charge in [0.25, 0.3) is 5.91 Å². The lowest BCUT2D eigenvalue weighted by Gasteiger charge is -2.15. The number of nitrogens with one attached hydrogen (secondary N) is 1. The van der Waals surface area contributed by atoms with Gasteiger partial charge in [0, 0.05) is 5.56 Å². The van der Waals surface area contributed by atoms with Crippen molar-refractivity contribution in [1.29, 1.82) is 0 Å². The van der Waals surface area contributed by atoms with Crippen LogP contribution in [0.4, 0.5) is 0 Å². The molecule has 0 aromatic heterocycles.